The minimum absolute atomic E-state index is 0.130. The van der Waals surface area contributed by atoms with Crippen molar-refractivity contribution in [3.05, 3.63) is 0 Å². The van der Waals surface area contributed by atoms with E-state index in [9.17, 15) is 0 Å². The van der Waals surface area contributed by atoms with Crippen molar-refractivity contribution in [2.24, 2.45) is 0 Å². The molecule has 0 aromatic rings. The second-order valence-electron chi connectivity index (χ2n) is 1.11. The van der Waals surface area contributed by atoms with Gasteiger partial charge in [0.15, 0.2) is 12.5 Å². The van der Waals surface area contributed by atoms with E-state index in [0.29, 0.717) is 0 Å². The van der Waals surface area contributed by atoms with Gasteiger partial charge in [0.2, 0.25) is 0 Å². The van der Waals surface area contributed by atoms with Crippen LogP contribution in [0.2, 0.25) is 0 Å². The number of epoxide rings is 1. The van der Waals surface area contributed by atoms with Crippen LogP contribution in [0, 0.1) is 0 Å². The third kappa shape index (κ3) is 0.684. The van der Waals surface area contributed by atoms with Gasteiger partial charge in [0.1, 0.15) is 0 Å². The minimum Gasteiger partial charge on any atom is -0.365 e. The zero-order chi connectivity index (χ0) is 4.57. The normalized spacial score (nSPS) is 43.0. The van der Waals surface area contributed by atoms with Crippen LogP contribution in [0.25, 0.3) is 0 Å². The predicted molar refractivity (Wildman–Crippen MR) is 23.7 cm³/mol. The SMILES string of the molecule is OC1OC1NP. The molecule has 0 aromatic carbocycles. The Labute approximate surface area is 37.9 Å². The molecule has 0 saturated carbocycles. The van der Waals surface area contributed by atoms with Crippen molar-refractivity contribution < 1.29 is 9.84 Å². The summed E-state index contributed by atoms with van der Waals surface area (Å²) in [6, 6.07) is 0. The molecule has 0 radical (unpaired) electrons. The Morgan fingerprint density at radius 2 is 2.33 bits per heavy atom. The van der Waals surface area contributed by atoms with Crippen molar-refractivity contribution in [2.45, 2.75) is 12.5 Å². The van der Waals surface area contributed by atoms with Gasteiger partial charge in [-0.1, -0.05) is 9.39 Å². The highest BCUT2D eigenvalue weighted by Crippen LogP contribution is 2.15. The van der Waals surface area contributed by atoms with Crippen molar-refractivity contribution in [3.8, 4) is 0 Å². The first-order valence-corrected chi connectivity index (χ1v) is 2.22. The zero-order valence-corrected chi connectivity index (χ0v) is 4.24. The van der Waals surface area contributed by atoms with E-state index >= 15 is 0 Å². The summed E-state index contributed by atoms with van der Waals surface area (Å²) in [5.41, 5.74) is 0. The molecule has 0 amide bonds. The zero-order valence-electron chi connectivity index (χ0n) is 3.09. The molecule has 1 rings (SSSR count). The van der Waals surface area contributed by atoms with Crippen LogP contribution in [0.15, 0.2) is 0 Å². The van der Waals surface area contributed by atoms with Crippen molar-refractivity contribution in [2.75, 3.05) is 0 Å². The van der Waals surface area contributed by atoms with Crippen molar-refractivity contribution in [1.29, 1.82) is 0 Å². The third-order valence-electron chi connectivity index (χ3n) is 0.633. The van der Waals surface area contributed by atoms with Gasteiger partial charge in [0.05, 0.1) is 0 Å². The van der Waals surface area contributed by atoms with Gasteiger partial charge in [-0.25, -0.2) is 0 Å². The summed E-state index contributed by atoms with van der Waals surface area (Å²) in [5, 5.41) is 11.0. The second kappa shape index (κ2) is 1.43. The fourth-order valence-corrected chi connectivity index (χ4v) is 0.470. The smallest absolute Gasteiger partial charge is 0.197 e. The van der Waals surface area contributed by atoms with Crippen molar-refractivity contribution in [1.82, 2.24) is 5.09 Å². The van der Waals surface area contributed by atoms with Crippen LogP contribution in [-0.4, -0.2) is 17.6 Å². The molecule has 1 aliphatic heterocycles. The van der Waals surface area contributed by atoms with Crippen molar-refractivity contribution >= 4 is 9.39 Å². The molecule has 0 spiro atoms. The van der Waals surface area contributed by atoms with E-state index in [1.54, 1.807) is 0 Å². The van der Waals surface area contributed by atoms with Crippen LogP contribution >= 0.6 is 9.39 Å². The van der Waals surface area contributed by atoms with E-state index in [1.165, 1.54) is 0 Å². The molecule has 1 fully saturated rings. The molecule has 3 atom stereocenters. The van der Waals surface area contributed by atoms with Gasteiger partial charge in [-0.05, 0) is 0 Å². The first-order valence-electron chi connectivity index (χ1n) is 1.64. The van der Waals surface area contributed by atoms with Gasteiger partial charge in [0.25, 0.3) is 0 Å². The molecular formula is C2H6NO2P. The van der Waals surface area contributed by atoms with Gasteiger partial charge in [-0.3, -0.25) is 5.09 Å². The number of nitrogens with one attached hydrogen (secondary N) is 1. The van der Waals surface area contributed by atoms with E-state index < -0.39 is 6.29 Å². The molecule has 1 heterocycles. The highest BCUT2D eigenvalue weighted by molar-refractivity contribution is 7.13. The highest BCUT2D eigenvalue weighted by atomic mass is 31.0. The molecule has 0 aliphatic carbocycles. The summed E-state index contributed by atoms with van der Waals surface area (Å²) in [6.45, 7) is 0. The monoisotopic (exact) mass is 107 g/mol. The van der Waals surface area contributed by atoms with Crippen LogP contribution in [-0.2, 0) is 4.74 Å². The first-order chi connectivity index (χ1) is 2.84. The molecule has 36 valence electrons. The lowest BCUT2D eigenvalue weighted by Gasteiger charge is -1.78. The highest BCUT2D eigenvalue weighted by Gasteiger charge is 2.34. The number of ether oxygens (including phenoxy) is 1. The Morgan fingerprint density at radius 3 is 2.33 bits per heavy atom. The summed E-state index contributed by atoms with van der Waals surface area (Å²) in [5.74, 6) is 0. The topological polar surface area (TPSA) is 44.8 Å². The molecule has 0 aromatic heterocycles. The van der Waals surface area contributed by atoms with Crippen LogP contribution in [0.4, 0.5) is 0 Å². The summed E-state index contributed by atoms with van der Waals surface area (Å²) in [7, 11) is 2.25. The maximum Gasteiger partial charge on any atom is 0.197 e. The molecule has 6 heavy (non-hydrogen) atoms. The fraction of sp³-hybridized carbons (Fsp3) is 1.00. The van der Waals surface area contributed by atoms with E-state index in [0.717, 1.165) is 0 Å². The number of aliphatic hydroxyl groups is 1. The van der Waals surface area contributed by atoms with Gasteiger partial charge in [0, 0.05) is 0 Å². The molecule has 4 heteroatoms. The summed E-state index contributed by atoms with van der Waals surface area (Å²) < 4.78 is 4.49. The Balaban J connectivity index is 2.09. The molecule has 2 N–H and O–H groups in total. The van der Waals surface area contributed by atoms with Crippen LogP contribution in [0.1, 0.15) is 0 Å². The lowest BCUT2D eigenvalue weighted by atomic mass is 10.8. The maximum absolute atomic E-state index is 8.33. The summed E-state index contributed by atoms with van der Waals surface area (Å²) >= 11 is 0. The van der Waals surface area contributed by atoms with E-state index in [2.05, 4.69) is 19.2 Å². The summed E-state index contributed by atoms with van der Waals surface area (Å²) in [6.07, 6.45) is -0.697. The lowest BCUT2D eigenvalue weighted by Crippen LogP contribution is -2.04. The Hall–Kier alpha value is 0.310. The maximum atomic E-state index is 8.33. The first kappa shape index (κ1) is 4.47. The number of hydrogen-bond donors (Lipinski definition) is 2. The minimum atomic E-state index is -0.567. The molecule has 1 saturated heterocycles. The van der Waals surface area contributed by atoms with E-state index in [-0.39, 0.29) is 6.23 Å². The van der Waals surface area contributed by atoms with E-state index in [1.807, 2.05) is 0 Å². The molecular weight excluding hydrogens is 101 g/mol. The molecule has 3 nitrogen and oxygen atoms in total. The molecule has 1 aliphatic rings. The Kier molecular flexibility index (Phi) is 1.06. The average Bonchev–Trinajstić information content (AvgIpc) is 2.19. The Morgan fingerprint density at radius 1 is 1.83 bits per heavy atom. The Bertz CT molecular complexity index is 57.5. The standard InChI is InChI=1S/C2H6NO2P/c4-2-1(3-6)5-2/h1-4H,6H2. The van der Waals surface area contributed by atoms with Crippen molar-refractivity contribution in [3.63, 3.8) is 0 Å². The van der Waals surface area contributed by atoms with E-state index in [4.69, 9.17) is 5.11 Å². The molecule has 3 unspecified atom stereocenters. The van der Waals surface area contributed by atoms with Gasteiger partial charge < -0.3 is 9.84 Å². The molecule has 0 bridgehead atoms. The predicted octanol–water partition coefficient (Wildman–Crippen LogP) is -0.959. The van der Waals surface area contributed by atoms with Crippen LogP contribution in [0.3, 0.4) is 0 Å². The fourth-order valence-electron chi connectivity index (χ4n) is 0.226. The largest absolute Gasteiger partial charge is 0.365 e. The lowest BCUT2D eigenvalue weighted by molar-refractivity contribution is 0.156. The number of aliphatic hydroxyl groups excluding tert-OH is 1. The van der Waals surface area contributed by atoms with Gasteiger partial charge in [-0.2, -0.15) is 0 Å². The second-order valence-corrected chi connectivity index (χ2v) is 1.45. The van der Waals surface area contributed by atoms with Crippen LogP contribution < -0.4 is 5.09 Å². The summed E-state index contributed by atoms with van der Waals surface area (Å²) in [4.78, 5) is 0. The van der Waals surface area contributed by atoms with Crippen LogP contribution in [0.5, 0.6) is 0 Å². The third-order valence-corrected chi connectivity index (χ3v) is 0.961. The number of rotatable bonds is 1. The quantitative estimate of drug-likeness (QED) is 0.335. The number of hydrogen-bond acceptors (Lipinski definition) is 3. The van der Waals surface area contributed by atoms with Gasteiger partial charge >= 0.3 is 0 Å². The van der Waals surface area contributed by atoms with Gasteiger partial charge in [-0.15, -0.1) is 0 Å². The average molecular weight is 107 g/mol.